The fraction of sp³-hybridized carbons (Fsp3) is 0.375. The van der Waals surface area contributed by atoms with Crippen LogP contribution in [0.25, 0.3) is 0 Å². The topological polar surface area (TPSA) is 34.4 Å². The maximum absolute atomic E-state index is 5.56. The quantitative estimate of drug-likeness (QED) is 0.888. The molecule has 0 aliphatic carbocycles. The van der Waals surface area contributed by atoms with Crippen LogP contribution in [-0.2, 0) is 6.54 Å². The molecule has 0 bridgehead atoms. The summed E-state index contributed by atoms with van der Waals surface area (Å²) in [6.45, 7) is 6.94. The van der Waals surface area contributed by atoms with Gasteiger partial charge in [-0.25, -0.2) is 0 Å². The van der Waals surface area contributed by atoms with Crippen LogP contribution in [-0.4, -0.2) is 7.11 Å². The molecule has 1 N–H and O–H groups in total. The fourth-order valence-electron chi connectivity index (χ4n) is 2.24. The van der Waals surface area contributed by atoms with E-state index in [1.54, 1.807) is 7.11 Å². The predicted molar refractivity (Wildman–Crippen MR) is 76.4 cm³/mol. The van der Waals surface area contributed by atoms with Crippen molar-refractivity contribution in [1.82, 2.24) is 5.32 Å². The van der Waals surface area contributed by atoms with E-state index in [2.05, 4.69) is 24.4 Å². The molecular formula is C16H21NO2. The summed E-state index contributed by atoms with van der Waals surface area (Å²) in [6, 6.07) is 10.5. The van der Waals surface area contributed by atoms with Crippen molar-refractivity contribution in [3.05, 3.63) is 53.0 Å². The van der Waals surface area contributed by atoms with E-state index < -0.39 is 0 Å². The molecule has 1 aromatic heterocycles. The number of nitrogens with one attached hydrogen (secondary N) is 1. The molecule has 2 aromatic rings. The summed E-state index contributed by atoms with van der Waals surface area (Å²) in [7, 11) is 1.69. The lowest BCUT2D eigenvalue weighted by molar-refractivity contribution is 0.414. The molecule has 1 unspecified atom stereocenters. The molecular weight excluding hydrogens is 238 g/mol. The van der Waals surface area contributed by atoms with Gasteiger partial charge < -0.3 is 14.5 Å². The van der Waals surface area contributed by atoms with Gasteiger partial charge in [-0.15, -0.1) is 0 Å². The third kappa shape index (κ3) is 3.38. The van der Waals surface area contributed by atoms with E-state index >= 15 is 0 Å². The molecule has 0 aliphatic rings. The monoisotopic (exact) mass is 259 g/mol. The highest BCUT2D eigenvalue weighted by molar-refractivity contribution is 5.29. The van der Waals surface area contributed by atoms with Crippen LogP contribution in [0.3, 0.4) is 0 Å². The Bertz CT molecular complexity index is 545. The molecule has 19 heavy (non-hydrogen) atoms. The summed E-state index contributed by atoms with van der Waals surface area (Å²) in [6.07, 6.45) is 0. The summed E-state index contributed by atoms with van der Waals surface area (Å²) in [5.74, 6) is 2.84. The van der Waals surface area contributed by atoms with Gasteiger partial charge >= 0.3 is 0 Å². The summed E-state index contributed by atoms with van der Waals surface area (Å²) in [4.78, 5) is 0. The van der Waals surface area contributed by atoms with Crippen LogP contribution in [0.15, 0.2) is 34.7 Å². The Kier molecular flexibility index (Phi) is 4.27. The van der Waals surface area contributed by atoms with E-state index in [1.807, 2.05) is 32.0 Å². The Morgan fingerprint density at radius 3 is 2.68 bits per heavy atom. The zero-order chi connectivity index (χ0) is 13.8. The molecule has 1 atom stereocenters. The third-order valence-electron chi connectivity index (χ3n) is 3.29. The second-order valence-corrected chi connectivity index (χ2v) is 4.82. The smallest absolute Gasteiger partial charge is 0.119 e. The zero-order valence-electron chi connectivity index (χ0n) is 12.0. The molecule has 0 spiro atoms. The lowest BCUT2D eigenvalue weighted by Crippen LogP contribution is -2.18. The average Bonchev–Trinajstić information content (AvgIpc) is 2.75. The van der Waals surface area contributed by atoms with E-state index in [0.717, 1.165) is 23.8 Å². The van der Waals surface area contributed by atoms with Crippen LogP contribution in [0.4, 0.5) is 0 Å². The Labute approximate surface area is 114 Å². The molecule has 1 heterocycles. The molecule has 1 aromatic carbocycles. The maximum Gasteiger partial charge on any atom is 0.119 e. The lowest BCUT2D eigenvalue weighted by Gasteiger charge is -2.13. The first kappa shape index (κ1) is 13.7. The van der Waals surface area contributed by atoms with Gasteiger partial charge in [-0.05, 0) is 44.5 Å². The first-order valence-corrected chi connectivity index (χ1v) is 6.53. The van der Waals surface area contributed by atoms with Gasteiger partial charge in [0.05, 0.1) is 7.11 Å². The Morgan fingerprint density at radius 2 is 2.05 bits per heavy atom. The summed E-state index contributed by atoms with van der Waals surface area (Å²) < 4.78 is 10.8. The van der Waals surface area contributed by atoms with Crippen LogP contribution in [0.1, 0.15) is 35.6 Å². The minimum absolute atomic E-state index is 0.267. The Morgan fingerprint density at radius 1 is 1.26 bits per heavy atom. The molecule has 0 saturated heterocycles. The van der Waals surface area contributed by atoms with Crippen LogP contribution in [0, 0.1) is 13.8 Å². The van der Waals surface area contributed by atoms with Crippen LogP contribution >= 0.6 is 0 Å². The third-order valence-corrected chi connectivity index (χ3v) is 3.29. The molecule has 102 valence electrons. The lowest BCUT2D eigenvalue weighted by atomic mass is 10.1. The van der Waals surface area contributed by atoms with Gasteiger partial charge in [-0.3, -0.25) is 0 Å². The summed E-state index contributed by atoms with van der Waals surface area (Å²) >= 11 is 0. The molecule has 0 radical (unpaired) electrons. The van der Waals surface area contributed by atoms with Crippen molar-refractivity contribution < 1.29 is 9.15 Å². The minimum Gasteiger partial charge on any atom is -0.497 e. The number of hydrogen-bond acceptors (Lipinski definition) is 3. The highest BCUT2D eigenvalue weighted by Crippen LogP contribution is 2.21. The summed E-state index contributed by atoms with van der Waals surface area (Å²) in [5, 5.41) is 3.51. The van der Waals surface area contributed by atoms with Crippen molar-refractivity contribution in [2.45, 2.75) is 33.4 Å². The van der Waals surface area contributed by atoms with Crippen LogP contribution in [0.5, 0.6) is 5.75 Å². The largest absolute Gasteiger partial charge is 0.497 e. The average molecular weight is 259 g/mol. The number of rotatable bonds is 5. The number of hydrogen-bond donors (Lipinski definition) is 1. The minimum atomic E-state index is 0.267. The van der Waals surface area contributed by atoms with Crippen molar-refractivity contribution in [1.29, 1.82) is 0 Å². The second-order valence-electron chi connectivity index (χ2n) is 4.82. The highest BCUT2D eigenvalue weighted by atomic mass is 16.5. The predicted octanol–water partition coefficient (Wildman–Crippen LogP) is 3.76. The van der Waals surface area contributed by atoms with Crippen molar-refractivity contribution >= 4 is 0 Å². The van der Waals surface area contributed by atoms with Gasteiger partial charge in [-0.1, -0.05) is 12.1 Å². The first-order chi connectivity index (χ1) is 9.10. The SMILES string of the molecule is COc1cccc(CNC(C)c2cc(C)oc2C)c1. The Balaban J connectivity index is 2.00. The van der Waals surface area contributed by atoms with Gasteiger partial charge in [0.2, 0.25) is 0 Å². The molecule has 3 heteroatoms. The van der Waals surface area contributed by atoms with Crippen LogP contribution < -0.4 is 10.1 Å². The zero-order valence-corrected chi connectivity index (χ0v) is 12.0. The second kappa shape index (κ2) is 5.93. The van der Waals surface area contributed by atoms with Crippen molar-refractivity contribution in [3.63, 3.8) is 0 Å². The number of benzene rings is 1. The van der Waals surface area contributed by atoms with E-state index in [4.69, 9.17) is 9.15 Å². The number of aryl methyl sites for hydroxylation is 2. The van der Waals surface area contributed by atoms with E-state index in [9.17, 15) is 0 Å². The van der Waals surface area contributed by atoms with E-state index in [0.29, 0.717) is 0 Å². The normalized spacial score (nSPS) is 12.4. The summed E-state index contributed by atoms with van der Waals surface area (Å²) in [5.41, 5.74) is 2.43. The molecule has 0 amide bonds. The van der Waals surface area contributed by atoms with E-state index in [-0.39, 0.29) is 6.04 Å². The Hall–Kier alpha value is -1.74. The van der Waals surface area contributed by atoms with Gasteiger partial charge in [0.15, 0.2) is 0 Å². The van der Waals surface area contributed by atoms with Crippen molar-refractivity contribution in [2.24, 2.45) is 0 Å². The number of methoxy groups -OCH3 is 1. The molecule has 0 fully saturated rings. The van der Waals surface area contributed by atoms with Gasteiger partial charge in [0.25, 0.3) is 0 Å². The number of furan rings is 1. The van der Waals surface area contributed by atoms with Gasteiger partial charge in [0, 0.05) is 18.2 Å². The van der Waals surface area contributed by atoms with Crippen molar-refractivity contribution in [3.8, 4) is 5.75 Å². The molecule has 0 aliphatic heterocycles. The van der Waals surface area contributed by atoms with Crippen LogP contribution in [0.2, 0.25) is 0 Å². The fourth-order valence-corrected chi connectivity index (χ4v) is 2.24. The molecule has 3 nitrogen and oxygen atoms in total. The maximum atomic E-state index is 5.56. The van der Waals surface area contributed by atoms with E-state index in [1.165, 1.54) is 11.1 Å². The highest BCUT2D eigenvalue weighted by Gasteiger charge is 2.12. The first-order valence-electron chi connectivity index (χ1n) is 6.53. The molecule has 2 rings (SSSR count). The van der Waals surface area contributed by atoms with Gasteiger partial charge in [0.1, 0.15) is 17.3 Å². The number of ether oxygens (including phenoxy) is 1. The van der Waals surface area contributed by atoms with Crippen molar-refractivity contribution in [2.75, 3.05) is 7.11 Å². The molecule has 0 saturated carbocycles. The van der Waals surface area contributed by atoms with Gasteiger partial charge in [-0.2, -0.15) is 0 Å². The standard InChI is InChI=1S/C16H21NO2/c1-11-8-16(13(3)19-11)12(2)17-10-14-6-5-7-15(9-14)18-4/h5-9,12,17H,10H2,1-4H3.